The molecule has 2 rings (SSSR count). The topological polar surface area (TPSA) is 60.2 Å². The number of hydrogen-bond donors (Lipinski definition) is 2. The molecule has 1 unspecified atom stereocenters. The SMILES string of the molecule is COc1cccnc1C(NN)c1cc(C)c(C)s1. The first kappa shape index (κ1) is 13.0. The summed E-state index contributed by atoms with van der Waals surface area (Å²) in [5, 5.41) is 0. The minimum atomic E-state index is -0.140. The number of methoxy groups -OCH3 is 1. The molecule has 18 heavy (non-hydrogen) atoms. The lowest BCUT2D eigenvalue weighted by atomic mass is 10.1. The van der Waals surface area contributed by atoms with Gasteiger partial charge in [0.05, 0.1) is 7.11 Å². The Labute approximate surface area is 111 Å². The van der Waals surface area contributed by atoms with Crippen LogP contribution in [0.5, 0.6) is 5.75 Å². The van der Waals surface area contributed by atoms with E-state index >= 15 is 0 Å². The predicted octanol–water partition coefficient (Wildman–Crippen LogP) is 2.32. The van der Waals surface area contributed by atoms with Crippen LogP contribution in [-0.4, -0.2) is 12.1 Å². The summed E-state index contributed by atoms with van der Waals surface area (Å²) in [6.45, 7) is 4.20. The number of hydrogen-bond acceptors (Lipinski definition) is 5. The summed E-state index contributed by atoms with van der Waals surface area (Å²) in [4.78, 5) is 6.81. The Morgan fingerprint density at radius 3 is 2.78 bits per heavy atom. The molecule has 0 spiro atoms. The summed E-state index contributed by atoms with van der Waals surface area (Å²) in [6, 6.07) is 5.73. The minimum absolute atomic E-state index is 0.140. The molecular formula is C13H17N3OS. The zero-order chi connectivity index (χ0) is 13.1. The van der Waals surface area contributed by atoms with Gasteiger partial charge in [-0.1, -0.05) is 0 Å². The maximum absolute atomic E-state index is 5.68. The van der Waals surface area contributed by atoms with E-state index in [1.807, 2.05) is 12.1 Å². The molecule has 0 saturated heterocycles. The van der Waals surface area contributed by atoms with E-state index in [0.29, 0.717) is 0 Å². The fraction of sp³-hybridized carbons (Fsp3) is 0.308. The predicted molar refractivity (Wildman–Crippen MR) is 73.7 cm³/mol. The van der Waals surface area contributed by atoms with Crippen molar-refractivity contribution in [3.63, 3.8) is 0 Å². The highest BCUT2D eigenvalue weighted by molar-refractivity contribution is 7.12. The Morgan fingerprint density at radius 1 is 1.44 bits per heavy atom. The number of pyridine rings is 1. The van der Waals surface area contributed by atoms with Crippen LogP contribution in [0.1, 0.15) is 27.1 Å². The molecule has 0 aliphatic rings. The lowest BCUT2D eigenvalue weighted by Gasteiger charge is -2.16. The summed E-state index contributed by atoms with van der Waals surface area (Å²) in [7, 11) is 1.64. The Balaban J connectivity index is 2.45. The number of aromatic nitrogens is 1. The van der Waals surface area contributed by atoms with Crippen molar-refractivity contribution >= 4 is 11.3 Å². The van der Waals surface area contributed by atoms with Gasteiger partial charge >= 0.3 is 0 Å². The molecule has 0 aliphatic heterocycles. The second kappa shape index (κ2) is 5.48. The van der Waals surface area contributed by atoms with Crippen LogP contribution < -0.4 is 16.0 Å². The molecule has 0 amide bonds. The highest BCUT2D eigenvalue weighted by Gasteiger charge is 2.20. The van der Waals surface area contributed by atoms with Gasteiger partial charge in [-0.3, -0.25) is 10.8 Å². The normalized spacial score (nSPS) is 12.4. The van der Waals surface area contributed by atoms with Gasteiger partial charge in [-0.2, -0.15) is 0 Å². The molecule has 0 aliphatic carbocycles. The monoisotopic (exact) mass is 263 g/mol. The molecule has 5 heteroatoms. The summed E-state index contributed by atoms with van der Waals surface area (Å²) in [6.07, 6.45) is 1.75. The van der Waals surface area contributed by atoms with E-state index in [2.05, 4.69) is 30.3 Å². The van der Waals surface area contributed by atoms with Crippen LogP contribution in [0.25, 0.3) is 0 Å². The summed E-state index contributed by atoms with van der Waals surface area (Å²) >= 11 is 1.72. The van der Waals surface area contributed by atoms with Crippen LogP contribution in [0.2, 0.25) is 0 Å². The number of thiophene rings is 1. The third-order valence-electron chi connectivity index (χ3n) is 2.93. The Kier molecular flexibility index (Phi) is 3.96. The van der Waals surface area contributed by atoms with Gasteiger partial charge in [0.15, 0.2) is 0 Å². The molecule has 2 aromatic rings. The largest absolute Gasteiger partial charge is 0.495 e. The first-order valence-electron chi connectivity index (χ1n) is 5.69. The Bertz CT molecular complexity index is 519. The van der Waals surface area contributed by atoms with Gasteiger partial charge in [-0.05, 0) is 37.6 Å². The quantitative estimate of drug-likeness (QED) is 0.656. The second-order valence-corrected chi connectivity index (χ2v) is 5.37. The van der Waals surface area contributed by atoms with Crippen LogP contribution >= 0.6 is 11.3 Å². The Morgan fingerprint density at radius 2 is 2.22 bits per heavy atom. The summed E-state index contributed by atoms with van der Waals surface area (Å²) < 4.78 is 5.33. The molecule has 3 N–H and O–H groups in total. The first-order valence-corrected chi connectivity index (χ1v) is 6.51. The van der Waals surface area contributed by atoms with Crippen molar-refractivity contribution in [3.8, 4) is 5.75 Å². The fourth-order valence-electron chi connectivity index (χ4n) is 1.83. The second-order valence-electron chi connectivity index (χ2n) is 4.08. The van der Waals surface area contributed by atoms with Crippen molar-refractivity contribution in [2.45, 2.75) is 19.9 Å². The number of rotatable bonds is 4. The van der Waals surface area contributed by atoms with Crippen LogP contribution in [0, 0.1) is 13.8 Å². The number of ether oxygens (including phenoxy) is 1. The van der Waals surface area contributed by atoms with Crippen molar-refractivity contribution in [3.05, 3.63) is 45.4 Å². The molecule has 96 valence electrons. The van der Waals surface area contributed by atoms with Crippen LogP contribution in [0.4, 0.5) is 0 Å². The van der Waals surface area contributed by atoms with Gasteiger partial charge in [-0.15, -0.1) is 11.3 Å². The molecule has 0 fully saturated rings. The third-order valence-corrected chi connectivity index (χ3v) is 4.15. The van der Waals surface area contributed by atoms with Crippen molar-refractivity contribution in [1.29, 1.82) is 0 Å². The highest BCUT2D eigenvalue weighted by atomic mass is 32.1. The molecule has 0 saturated carbocycles. The highest BCUT2D eigenvalue weighted by Crippen LogP contribution is 2.33. The van der Waals surface area contributed by atoms with E-state index in [9.17, 15) is 0 Å². The third kappa shape index (κ3) is 2.38. The lowest BCUT2D eigenvalue weighted by Crippen LogP contribution is -2.29. The average molecular weight is 263 g/mol. The van der Waals surface area contributed by atoms with Crippen LogP contribution in [0.3, 0.4) is 0 Å². The molecule has 2 aromatic heterocycles. The smallest absolute Gasteiger partial charge is 0.142 e. The molecule has 1 atom stereocenters. The van der Waals surface area contributed by atoms with E-state index in [-0.39, 0.29) is 6.04 Å². The molecule has 4 nitrogen and oxygen atoms in total. The average Bonchev–Trinajstić information content (AvgIpc) is 2.71. The maximum atomic E-state index is 5.68. The number of hydrazine groups is 1. The fourth-order valence-corrected chi connectivity index (χ4v) is 2.94. The van der Waals surface area contributed by atoms with E-state index in [1.54, 1.807) is 24.6 Å². The van der Waals surface area contributed by atoms with Crippen molar-refractivity contribution < 1.29 is 4.74 Å². The van der Waals surface area contributed by atoms with Gasteiger partial charge < -0.3 is 4.74 Å². The summed E-state index contributed by atoms with van der Waals surface area (Å²) in [5.74, 6) is 6.42. The van der Waals surface area contributed by atoms with E-state index in [4.69, 9.17) is 10.6 Å². The molecule has 0 aromatic carbocycles. The zero-order valence-electron chi connectivity index (χ0n) is 10.7. The molecule has 2 heterocycles. The molecule has 0 bridgehead atoms. The standard InChI is InChI=1S/C13H17N3OS/c1-8-7-11(18-9(8)2)13(16-14)12-10(17-3)5-4-6-15-12/h4-7,13,16H,14H2,1-3H3. The van der Waals surface area contributed by atoms with Gasteiger partial charge in [0.1, 0.15) is 17.5 Å². The maximum Gasteiger partial charge on any atom is 0.142 e. The zero-order valence-corrected chi connectivity index (χ0v) is 11.5. The number of nitrogens with two attached hydrogens (primary N) is 1. The summed E-state index contributed by atoms with van der Waals surface area (Å²) in [5.41, 5.74) is 4.90. The number of aryl methyl sites for hydroxylation is 2. The lowest BCUT2D eigenvalue weighted by molar-refractivity contribution is 0.401. The number of nitrogens with zero attached hydrogens (tertiary/aromatic N) is 1. The van der Waals surface area contributed by atoms with Crippen molar-refractivity contribution in [2.24, 2.45) is 5.84 Å². The van der Waals surface area contributed by atoms with E-state index in [0.717, 1.165) is 16.3 Å². The van der Waals surface area contributed by atoms with E-state index < -0.39 is 0 Å². The molecule has 0 radical (unpaired) electrons. The van der Waals surface area contributed by atoms with Gasteiger partial charge in [0.25, 0.3) is 0 Å². The number of nitrogens with one attached hydrogen (secondary N) is 1. The Hall–Kier alpha value is -1.43. The van der Waals surface area contributed by atoms with Crippen molar-refractivity contribution in [2.75, 3.05) is 7.11 Å². The van der Waals surface area contributed by atoms with E-state index in [1.165, 1.54) is 10.4 Å². The van der Waals surface area contributed by atoms with Gasteiger partial charge in [-0.25, -0.2) is 5.43 Å². The minimum Gasteiger partial charge on any atom is -0.495 e. The first-order chi connectivity index (χ1) is 8.67. The van der Waals surface area contributed by atoms with Gasteiger partial charge in [0.2, 0.25) is 0 Å². The van der Waals surface area contributed by atoms with Crippen LogP contribution in [0.15, 0.2) is 24.4 Å². The molecular weight excluding hydrogens is 246 g/mol. The van der Waals surface area contributed by atoms with Gasteiger partial charge in [0, 0.05) is 16.0 Å². The van der Waals surface area contributed by atoms with Crippen molar-refractivity contribution in [1.82, 2.24) is 10.4 Å². The van der Waals surface area contributed by atoms with Crippen LogP contribution in [-0.2, 0) is 0 Å².